The molecule has 0 fully saturated rings. The molecule has 1 N–H and O–H groups in total. The molecule has 0 bridgehead atoms. The molecule has 1 aromatic heterocycles. The maximum absolute atomic E-state index is 12.2. The van der Waals surface area contributed by atoms with Crippen molar-refractivity contribution in [2.75, 3.05) is 7.11 Å². The molecule has 24 heavy (non-hydrogen) atoms. The van der Waals surface area contributed by atoms with Crippen LogP contribution in [0.15, 0.2) is 53.3 Å². The maximum atomic E-state index is 12.2. The maximum Gasteiger partial charge on any atom is 0.268 e. The molecule has 0 radical (unpaired) electrons. The summed E-state index contributed by atoms with van der Waals surface area (Å²) in [5.74, 6) is 0.656. The van der Waals surface area contributed by atoms with E-state index in [1.807, 2.05) is 48.5 Å². The Bertz CT molecular complexity index is 914. The van der Waals surface area contributed by atoms with Crippen molar-refractivity contribution in [3.63, 3.8) is 0 Å². The number of methoxy groups -OCH3 is 1. The predicted octanol–water partition coefficient (Wildman–Crippen LogP) is 2.78. The van der Waals surface area contributed by atoms with Crippen molar-refractivity contribution < 1.29 is 9.53 Å². The average molecular weight is 342 g/mol. The van der Waals surface area contributed by atoms with Gasteiger partial charge in [0.05, 0.1) is 17.2 Å². The van der Waals surface area contributed by atoms with Gasteiger partial charge in [-0.1, -0.05) is 41.9 Å². The standard InChI is InChI=1S/C18H18N2O3S/c1-23-15-8-4-2-6-13(15)12-19-17(21)10-11-20-18(22)14-7-3-5-9-16(14)24-20/h2-9H,10-12H2,1H3,(H,19,21). The molecule has 124 valence electrons. The van der Waals surface area contributed by atoms with Crippen LogP contribution in [0, 0.1) is 0 Å². The molecule has 1 heterocycles. The number of ether oxygens (including phenoxy) is 1. The number of aromatic nitrogens is 1. The highest BCUT2D eigenvalue weighted by Gasteiger charge is 2.09. The Morgan fingerprint density at radius 1 is 1.17 bits per heavy atom. The fourth-order valence-corrected chi connectivity index (χ4v) is 3.49. The minimum atomic E-state index is -0.0923. The van der Waals surface area contributed by atoms with E-state index in [2.05, 4.69) is 5.32 Å². The zero-order chi connectivity index (χ0) is 16.9. The summed E-state index contributed by atoms with van der Waals surface area (Å²) in [6, 6.07) is 15.0. The quantitative estimate of drug-likeness (QED) is 0.749. The molecule has 0 saturated heterocycles. The SMILES string of the molecule is COc1ccccc1CNC(=O)CCn1sc2ccccc2c1=O. The van der Waals surface area contributed by atoms with E-state index in [-0.39, 0.29) is 17.9 Å². The molecule has 0 spiro atoms. The van der Waals surface area contributed by atoms with Crippen LogP contribution >= 0.6 is 11.5 Å². The molecule has 0 saturated carbocycles. The number of benzene rings is 2. The summed E-state index contributed by atoms with van der Waals surface area (Å²) in [5.41, 5.74) is 0.889. The molecule has 6 heteroatoms. The molecule has 3 rings (SSSR count). The highest BCUT2D eigenvalue weighted by Crippen LogP contribution is 2.17. The number of carbonyl (C=O) groups is 1. The van der Waals surface area contributed by atoms with Crippen molar-refractivity contribution in [2.24, 2.45) is 0 Å². The number of aryl methyl sites for hydroxylation is 1. The number of para-hydroxylation sites is 1. The second-order valence-electron chi connectivity index (χ2n) is 5.33. The Kier molecular flexibility index (Phi) is 4.96. The number of fused-ring (bicyclic) bond motifs is 1. The highest BCUT2D eigenvalue weighted by atomic mass is 32.1. The zero-order valence-electron chi connectivity index (χ0n) is 13.3. The summed E-state index contributed by atoms with van der Waals surface area (Å²) < 4.78 is 7.84. The summed E-state index contributed by atoms with van der Waals surface area (Å²) in [4.78, 5) is 24.3. The second-order valence-corrected chi connectivity index (χ2v) is 6.40. The summed E-state index contributed by atoms with van der Waals surface area (Å²) in [6.45, 7) is 0.792. The van der Waals surface area contributed by atoms with Gasteiger partial charge in [-0.3, -0.25) is 13.5 Å². The van der Waals surface area contributed by atoms with Gasteiger partial charge in [-0.25, -0.2) is 0 Å². The first kappa shape index (κ1) is 16.3. The van der Waals surface area contributed by atoms with Crippen LogP contribution < -0.4 is 15.6 Å². The number of amides is 1. The van der Waals surface area contributed by atoms with Crippen molar-refractivity contribution in [3.05, 3.63) is 64.4 Å². The van der Waals surface area contributed by atoms with Crippen molar-refractivity contribution in [1.82, 2.24) is 9.27 Å². The van der Waals surface area contributed by atoms with Gasteiger partial charge in [0, 0.05) is 25.1 Å². The molecule has 0 aliphatic rings. The average Bonchev–Trinajstić information content (AvgIpc) is 2.94. The number of rotatable bonds is 6. The van der Waals surface area contributed by atoms with Crippen LogP contribution in [-0.4, -0.2) is 17.0 Å². The van der Waals surface area contributed by atoms with Gasteiger partial charge >= 0.3 is 0 Å². The van der Waals surface area contributed by atoms with Gasteiger partial charge in [-0.15, -0.1) is 0 Å². The monoisotopic (exact) mass is 342 g/mol. The molecule has 3 aromatic rings. The van der Waals surface area contributed by atoms with E-state index in [1.54, 1.807) is 11.1 Å². The lowest BCUT2D eigenvalue weighted by molar-refractivity contribution is -0.121. The van der Waals surface area contributed by atoms with Crippen molar-refractivity contribution in [3.8, 4) is 5.75 Å². The van der Waals surface area contributed by atoms with Crippen LogP contribution in [0.4, 0.5) is 0 Å². The third-order valence-electron chi connectivity index (χ3n) is 3.76. The third kappa shape index (κ3) is 3.49. The van der Waals surface area contributed by atoms with Crippen LogP contribution in [0.1, 0.15) is 12.0 Å². The van der Waals surface area contributed by atoms with Crippen molar-refractivity contribution >= 4 is 27.5 Å². The van der Waals surface area contributed by atoms with Gasteiger partial charge in [-0.2, -0.15) is 0 Å². The van der Waals surface area contributed by atoms with E-state index in [0.717, 1.165) is 16.0 Å². The molecule has 0 atom stereocenters. The summed E-state index contributed by atoms with van der Waals surface area (Å²) in [5, 5.41) is 3.57. The fourth-order valence-electron chi connectivity index (χ4n) is 2.50. The molecule has 0 aliphatic carbocycles. The first-order valence-electron chi connectivity index (χ1n) is 7.66. The fraction of sp³-hybridized carbons (Fsp3) is 0.222. The Labute approximate surface area is 143 Å². The molecule has 2 aromatic carbocycles. The first-order chi connectivity index (χ1) is 11.7. The van der Waals surface area contributed by atoms with E-state index in [1.165, 1.54) is 11.5 Å². The zero-order valence-corrected chi connectivity index (χ0v) is 14.1. The van der Waals surface area contributed by atoms with Crippen LogP contribution in [0.5, 0.6) is 5.75 Å². The number of hydrogen-bond donors (Lipinski definition) is 1. The number of hydrogen-bond acceptors (Lipinski definition) is 4. The Morgan fingerprint density at radius 3 is 2.71 bits per heavy atom. The molecule has 0 unspecified atom stereocenters. The van der Waals surface area contributed by atoms with Crippen LogP contribution in [0.2, 0.25) is 0 Å². The van der Waals surface area contributed by atoms with E-state index in [4.69, 9.17) is 4.74 Å². The van der Waals surface area contributed by atoms with E-state index < -0.39 is 0 Å². The van der Waals surface area contributed by atoms with E-state index >= 15 is 0 Å². The van der Waals surface area contributed by atoms with Gasteiger partial charge in [0.25, 0.3) is 5.56 Å². The number of nitrogens with one attached hydrogen (secondary N) is 1. The van der Waals surface area contributed by atoms with Gasteiger partial charge in [0.1, 0.15) is 5.75 Å². The highest BCUT2D eigenvalue weighted by molar-refractivity contribution is 7.13. The van der Waals surface area contributed by atoms with Crippen LogP contribution in [0.25, 0.3) is 10.1 Å². The topological polar surface area (TPSA) is 60.3 Å². The van der Waals surface area contributed by atoms with Crippen LogP contribution in [-0.2, 0) is 17.9 Å². The molecular weight excluding hydrogens is 324 g/mol. The number of nitrogens with zero attached hydrogens (tertiary/aromatic N) is 1. The Hall–Kier alpha value is -2.60. The Balaban J connectivity index is 1.59. The first-order valence-corrected chi connectivity index (χ1v) is 8.44. The molecule has 1 amide bonds. The largest absolute Gasteiger partial charge is 0.496 e. The summed E-state index contributed by atoms with van der Waals surface area (Å²) in [6.07, 6.45) is 0.266. The lowest BCUT2D eigenvalue weighted by Gasteiger charge is -2.09. The Morgan fingerprint density at radius 2 is 1.92 bits per heavy atom. The molecule has 5 nitrogen and oxygen atoms in total. The predicted molar refractivity (Wildman–Crippen MR) is 95.5 cm³/mol. The lowest BCUT2D eigenvalue weighted by atomic mass is 10.2. The van der Waals surface area contributed by atoms with Gasteiger partial charge in [0.15, 0.2) is 0 Å². The van der Waals surface area contributed by atoms with Crippen molar-refractivity contribution in [1.29, 1.82) is 0 Å². The van der Waals surface area contributed by atoms with Crippen LogP contribution in [0.3, 0.4) is 0 Å². The molecular formula is C18H18N2O3S. The third-order valence-corrected chi connectivity index (χ3v) is 4.88. The minimum absolute atomic E-state index is 0.0341. The van der Waals surface area contributed by atoms with E-state index in [0.29, 0.717) is 18.5 Å². The minimum Gasteiger partial charge on any atom is -0.496 e. The smallest absolute Gasteiger partial charge is 0.268 e. The van der Waals surface area contributed by atoms with Gasteiger partial charge in [-0.05, 0) is 18.2 Å². The van der Waals surface area contributed by atoms with E-state index in [9.17, 15) is 9.59 Å². The van der Waals surface area contributed by atoms with Gasteiger partial charge < -0.3 is 10.1 Å². The normalized spacial score (nSPS) is 10.7. The van der Waals surface area contributed by atoms with Crippen molar-refractivity contribution in [2.45, 2.75) is 19.5 Å². The molecule has 0 aliphatic heterocycles. The van der Waals surface area contributed by atoms with Gasteiger partial charge in [0.2, 0.25) is 5.91 Å². The lowest BCUT2D eigenvalue weighted by Crippen LogP contribution is -2.25. The number of carbonyl (C=O) groups excluding carboxylic acids is 1. The summed E-state index contributed by atoms with van der Waals surface area (Å²) >= 11 is 1.39. The second kappa shape index (κ2) is 7.31. The summed E-state index contributed by atoms with van der Waals surface area (Å²) in [7, 11) is 1.61.